The minimum Gasteiger partial charge on any atom is -0.497 e. The Labute approximate surface area is 143 Å². The van der Waals surface area contributed by atoms with E-state index in [2.05, 4.69) is 20.9 Å². The Bertz CT molecular complexity index is 755. The molecule has 0 fully saturated rings. The topological polar surface area (TPSA) is 47.3 Å². The van der Waals surface area contributed by atoms with Crippen LogP contribution in [0.1, 0.15) is 11.1 Å². The Morgan fingerprint density at radius 3 is 2.22 bits per heavy atom. The van der Waals surface area contributed by atoms with Gasteiger partial charge in [0.15, 0.2) is 0 Å². The Kier molecular flexibility index (Phi) is 4.50. The molecule has 3 aromatic rings. The zero-order valence-electron chi connectivity index (χ0n) is 12.7. The largest absolute Gasteiger partial charge is 0.497 e. The highest BCUT2D eigenvalue weighted by atomic mass is 79.9. The first kappa shape index (κ1) is 15.8. The molecule has 0 saturated heterocycles. The number of hydrogen-bond donors (Lipinski definition) is 1. The molecule has 1 unspecified atom stereocenters. The lowest BCUT2D eigenvalue weighted by Gasteiger charge is -2.30. The van der Waals surface area contributed by atoms with Gasteiger partial charge in [0.1, 0.15) is 11.4 Å². The van der Waals surface area contributed by atoms with Crippen molar-refractivity contribution < 1.29 is 9.84 Å². The Balaban J connectivity index is 2.06. The number of imidazole rings is 1. The molecule has 1 aromatic heterocycles. The molecule has 0 spiro atoms. The van der Waals surface area contributed by atoms with Crippen molar-refractivity contribution >= 4 is 15.9 Å². The molecule has 0 aliphatic carbocycles. The van der Waals surface area contributed by atoms with Crippen LogP contribution in [-0.2, 0) is 12.1 Å². The molecule has 2 aromatic carbocycles. The first-order chi connectivity index (χ1) is 11.1. The second kappa shape index (κ2) is 6.56. The Morgan fingerprint density at radius 2 is 1.70 bits per heavy atom. The predicted molar refractivity (Wildman–Crippen MR) is 92.4 cm³/mol. The number of aromatic nitrogens is 2. The number of halogens is 1. The van der Waals surface area contributed by atoms with Gasteiger partial charge in [-0.2, -0.15) is 0 Å². The second-order valence-corrected chi connectivity index (χ2v) is 6.25. The van der Waals surface area contributed by atoms with Gasteiger partial charge >= 0.3 is 0 Å². The predicted octanol–water partition coefficient (Wildman–Crippen LogP) is 3.59. The summed E-state index contributed by atoms with van der Waals surface area (Å²) in [5, 5.41) is 11.5. The maximum atomic E-state index is 11.5. The molecule has 1 N–H and O–H groups in total. The van der Waals surface area contributed by atoms with E-state index in [4.69, 9.17) is 4.74 Å². The summed E-state index contributed by atoms with van der Waals surface area (Å²) in [4.78, 5) is 4.06. The third-order valence-electron chi connectivity index (χ3n) is 3.86. The van der Waals surface area contributed by atoms with Crippen LogP contribution in [0, 0.1) is 0 Å². The first-order valence-electron chi connectivity index (χ1n) is 7.20. The van der Waals surface area contributed by atoms with Crippen LogP contribution in [-0.4, -0.2) is 21.8 Å². The van der Waals surface area contributed by atoms with E-state index in [1.807, 2.05) is 59.3 Å². The molecule has 3 rings (SSSR count). The van der Waals surface area contributed by atoms with Gasteiger partial charge in [0, 0.05) is 16.9 Å². The van der Waals surface area contributed by atoms with Crippen LogP contribution >= 0.6 is 15.9 Å². The lowest BCUT2D eigenvalue weighted by atomic mass is 9.86. The van der Waals surface area contributed by atoms with E-state index in [1.165, 1.54) is 0 Å². The van der Waals surface area contributed by atoms with Crippen molar-refractivity contribution in [3.05, 3.63) is 82.9 Å². The summed E-state index contributed by atoms with van der Waals surface area (Å²) in [6.45, 7) is 0.376. The van der Waals surface area contributed by atoms with Crippen LogP contribution in [0.3, 0.4) is 0 Å². The second-order valence-electron chi connectivity index (χ2n) is 5.33. The molecule has 23 heavy (non-hydrogen) atoms. The van der Waals surface area contributed by atoms with Crippen LogP contribution in [0.5, 0.6) is 5.75 Å². The minimum absolute atomic E-state index is 0.376. The summed E-state index contributed by atoms with van der Waals surface area (Å²) in [6, 6.07) is 15.2. The molecule has 5 heteroatoms. The van der Waals surface area contributed by atoms with Crippen molar-refractivity contribution in [2.45, 2.75) is 12.1 Å². The van der Waals surface area contributed by atoms with Gasteiger partial charge in [0.05, 0.1) is 20.0 Å². The van der Waals surface area contributed by atoms with Crippen LogP contribution in [0.4, 0.5) is 0 Å². The van der Waals surface area contributed by atoms with Crippen molar-refractivity contribution in [2.75, 3.05) is 7.11 Å². The van der Waals surface area contributed by atoms with Gasteiger partial charge in [-0.05, 0) is 35.4 Å². The number of aliphatic hydroxyl groups is 1. The smallest absolute Gasteiger partial charge is 0.132 e. The molecule has 0 aliphatic heterocycles. The fourth-order valence-electron chi connectivity index (χ4n) is 2.59. The van der Waals surface area contributed by atoms with Gasteiger partial charge < -0.3 is 14.4 Å². The summed E-state index contributed by atoms with van der Waals surface area (Å²) >= 11 is 3.43. The number of rotatable bonds is 5. The van der Waals surface area contributed by atoms with Crippen molar-refractivity contribution in [2.24, 2.45) is 0 Å². The average molecular weight is 373 g/mol. The molecule has 0 amide bonds. The van der Waals surface area contributed by atoms with Gasteiger partial charge in [0.2, 0.25) is 0 Å². The van der Waals surface area contributed by atoms with E-state index in [0.29, 0.717) is 6.54 Å². The van der Waals surface area contributed by atoms with Gasteiger partial charge in [-0.15, -0.1) is 0 Å². The van der Waals surface area contributed by atoms with Gasteiger partial charge in [-0.3, -0.25) is 0 Å². The van der Waals surface area contributed by atoms with Crippen LogP contribution in [0.25, 0.3) is 0 Å². The monoisotopic (exact) mass is 372 g/mol. The summed E-state index contributed by atoms with van der Waals surface area (Å²) < 4.78 is 8.05. The molecule has 0 aliphatic rings. The van der Waals surface area contributed by atoms with Gasteiger partial charge in [-0.25, -0.2) is 4.98 Å². The molecule has 1 atom stereocenters. The zero-order valence-corrected chi connectivity index (χ0v) is 14.3. The molecular formula is C18H17BrN2O2. The summed E-state index contributed by atoms with van der Waals surface area (Å²) in [7, 11) is 1.63. The number of ether oxygens (including phenoxy) is 1. The standard InChI is InChI=1S/C18H17BrN2O2/c1-23-17-8-4-15(5-9-17)18(22,12-21-11-10-20-13-21)14-2-6-16(19)7-3-14/h2-11,13,22H,12H2,1H3. The summed E-state index contributed by atoms with van der Waals surface area (Å²) in [6.07, 6.45) is 5.25. The van der Waals surface area contributed by atoms with E-state index in [1.54, 1.807) is 19.6 Å². The highest BCUT2D eigenvalue weighted by Crippen LogP contribution is 2.33. The highest BCUT2D eigenvalue weighted by Gasteiger charge is 2.32. The number of benzene rings is 2. The molecule has 118 valence electrons. The molecular weight excluding hydrogens is 356 g/mol. The van der Waals surface area contributed by atoms with Crippen LogP contribution in [0.15, 0.2) is 71.7 Å². The SMILES string of the molecule is COc1ccc(C(O)(Cn2ccnc2)c2ccc(Br)cc2)cc1. The van der Waals surface area contributed by atoms with Gasteiger partial charge in [0.25, 0.3) is 0 Å². The molecule has 1 heterocycles. The highest BCUT2D eigenvalue weighted by molar-refractivity contribution is 9.10. The lowest BCUT2D eigenvalue weighted by Crippen LogP contribution is -2.32. The van der Waals surface area contributed by atoms with Crippen molar-refractivity contribution in [1.82, 2.24) is 9.55 Å². The number of methoxy groups -OCH3 is 1. The van der Waals surface area contributed by atoms with E-state index in [-0.39, 0.29) is 0 Å². The fraction of sp³-hybridized carbons (Fsp3) is 0.167. The van der Waals surface area contributed by atoms with Crippen LogP contribution in [0.2, 0.25) is 0 Å². The van der Waals surface area contributed by atoms with Crippen LogP contribution < -0.4 is 4.74 Å². The van der Waals surface area contributed by atoms with E-state index in [9.17, 15) is 5.11 Å². The summed E-state index contributed by atoms with van der Waals surface area (Å²) in [5.74, 6) is 0.759. The average Bonchev–Trinajstić information content (AvgIpc) is 3.08. The number of hydrogen-bond acceptors (Lipinski definition) is 3. The summed E-state index contributed by atoms with van der Waals surface area (Å²) in [5.41, 5.74) is 0.460. The lowest BCUT2D eigenvalue weighted by molar-refractivity contribution is 0.0611. The molecule has 4 nitrogen and oxygen atoms in total. The van der Waals surface area contributed by atoms with Crippen molar-refractivity contribution in [1.29, 1.82) is 0 Å². The molecule has 0 bridgehead atoms. The third kappa shape index (κ3) is 3.30. The van der Waals surface area contributed by atoms with E-state index in [0.717, 1.165) is 21.3 Å². The van der Waals surface area contributed by atoms with E-state index < -0.39 is 5.60 Å². The Morgan fingerprint density at radius 1 is 1.09 bits per heavy atom. The first-order valence-corrected chi connectivity index (χ1v) is 8.00. The van der Waals surface area contributed by atoms with E-state index >= 15 is 0 Å². The number of nitrogens with zero attached hydrogens (tertiary/aromatic N) is 2. The maximum absolute atomic E-state index is 11.5. The van der Waals surface area contributed by atoms with Crippen molar-refractivity contribution in [3.63, 3.8) is 0 Å². The fourth-order valence-corrected chi connectivity index (χ4v) is 2.85. The maximum Gasteiger partial charge on any atom is 0.132 e. The van der Waals surface area contributed by atoms with Gasteiger partial charge in [-0.1, -0.05) is 40.2 Å². The third-order valence-corrected chi connectivity index (χ3v) is 4.39. The van der Waals surface area contributed by atoms with Crippen molar-refractivity contribution in [3.8, 4) is 5.75 Å². The Hall–Kier alpha value is -2.11. The normalized spacial score (nSPS) is 13.5. The zero-order chi connectivity index (χ0) is 16.3. The quantitative estimate of drug-likeness (QED) is 0.744. The molecule has 0 radical (unpaired) electrons. The molecule has 0 saturated carbocycles. The minimum atomic E-state index is -1.16.